The van der Waals surface area contributed by atoms with Gasteiger partial charge in [-0.2, -0.15) is 0 Å². The van der Waals surface area contributed by atoms with E-state index in [4.69, 9.17) is 94.6 Å². The predicted molar refractivity (Wildman–Crippen MR) is 124 cm³/mol. The van der Waals surface area contributed by atoms with Crippen LogP contribution < -0.4 is 0 Å². The summed E-state index contributed by atoms with van der Waals surface area (Å²) in [6, 6.07) is 0. The summed E-state index contributed by atoms with van der Waals surface area (Å²) in [5.41, 5.74) is -0.807. The number of alkyl halides is 6. The van der Waals surface area contributed by atoms with E-state index >= 15 is 0 Å². The van der Waals surface area contributed by atoms with Gasteiger partial charge in [0.2, 0.25) is 11.8 Å². The van der Waals surface area contributed by atoms with Gasteiger partial charge in [-0.1, -0.05) is 82.8 Å². The van der Waals surface area contributed by atoms with Crippen LogP contribution in [0.25, 0.3) is 0 Å². The van der Waals surface area contributed by atoms with Gasteiger partial charge in [0.25, 0.3) is 7.59 Å². The van der Waals surface area contributed by atoms with Gasteiger partial charge >= 0.3 is 6.09 Å². The number of ether oxygens (including phenoxy) is 3. The molecule has 0 aromatic rings. The van der Waals surface area contributed by atoms with Gasteiger partial charge in [-0.25, -0.2) is 4.79 Å². The number of carbonyl (C=O) groups excluding carboxylic acids is 1. The lowest BCUT2D eigenvalue weighted by molar-refractivity contribution is 0.0121. The smallest absolute Gasteiger partial charge is 0.410 e. The quantitative estimate of drug-likeness (QED) is 0.168. The van der Waals surface area contributed by atoms with Crippen molar-refractivity contribution in [3.05, 3.63) is 25.3 Å². The van der Waals surface area contributed by atoms with Gasteiger partial charge in [0.1, 0.15) is 17.8 Å². The molecule has 0 rings (SSSR count). The maximum atomic E-state index is 12.7. The molecule has 2 atom stereocenters. The number of hydrogen-bond acceptors (Lipinski definition) is 6. The number of carbonyl (C=O) groups is 1. The first kappa shape index (κ1) is 29.4. The van der Waals surface area contributed by atoms with Crippen molar-refractivity contribution >= 4 is 87.5 Å². The molecule has 0 unspecified atom stereocenters. The fraction of sp³-hybridized carbons (Fsp3) is 0.588. The Morgan fingerprint density at radius 3 is 1.47 bits per heavy atom. The molecule has 0 heterocycles. The summed E-state index contributed by atoms with van der Waals surface area (Å²) in [7, 11) is 0. The zero-order valence-corrected chi connectivity index (χ0v) is 21.0. The molecule has 7 nitrogen and oxygen atoms in total. The minimum absolute atomic E-state index is 0.156. The van der Waals surface area contributed by atoms with E-state index in [0.717, 1.165) is 0 Å². The molecule has 0 aromatic heterocycles. The highest BCUT2D eigenvalue weighted by Crippen LogP contribution is 2.29. The Morgan fingerprint density at radius 2 is 1.23 bits per heavy atom. The molecule has 172 valence electrons. The second-order valence-electron chi connectivity index (χ2n) is 6.82. The van der Waals surface area contributed by atoms with E-state index in [-0.39, 0.29) is 13.1 Å². The molecule has 0 fully saturated rings. The van der Waals surface area contributed by atoms with E-state index < -0.39 is 43.3 Å². The van der Waals surface area contributed by atoms with Crippen LogP contribution in [0, 0.1) is 10.8 Å². The molecular formula is C17H23Cl6N3O4. The molecular weight excluding hydrogens is 523 g/mol. The van der Waals surface area contributed by atoms with Gasteiger partial charge in [0.15, 0.2) is 0 Å². The highest BCUT2D eigenvalue weighted by atomic mass is 35.6. The Balaban J connectivity index is 5.56. The zero-order chi connectivity index (χ0) is 23.9. The van der Waals surface area contributed by atoms with E-state index in [1.165, 1.54) is 17.1 Å². The van der Waals surface area contributed by atoms with Gasteiger partial charge in [-0.05, 0) is 32.9 Å². The molecule has 0 saturated heterocycles. The van der Waals surface area contributed by atoms with E-state index in [0.29, 0.717) is 0 Å². The number of amides is 1. The lowest BCUT2D eigenvalue weighted by Crippen LogP contribution is -2.46. The van der Waals surface area contributed by atoms with Gasteiger partial charge in [-0.15, -0.1) is 0 Å². The number of hydrogen-bond donors (Lipinski definition) is 2. The van der Waals surface area contributed by atoms with Crippen LogP contribution in [-0.2, 0) is 14.2 Å². The van der Waals surface area contributed by atoms with Crippen molar-refractivity contribution in [3.63, 3.8) is 0 Å². The lowest BCUT2D eigenvalue weighted by Gasteiger charge is -2.32. The monoisotopic (exact) mass is 543 g/mol. The molecule has 0 aliphatic rings. The summed E-state index contributed by atoms with van der Waals surface area (Å²) >= 11 is 33.8. The molecule has 0 spiro atoms. The van der Waals surface area contributed by atoms with Crippen LogP contribution in [0.4, 0.5) is 4.79 Å². The third-order valence-electron chi connectivity index (χ3n) is 3.03. The van der Waals surface area contributed by atoms with Crippen LogP contribution in [0.3, 0.4) is 0 Å². The van der Waals surface area contributed by atoms with Crippen molar-refractivity contribution in [2.45, 2.75) is 46.2 Å². The minimum atomic E-state index is -2.09. The van der Waals surface area contributed by atoms with E-state index in [1.54, 1.807) is 20.8 Å². The fourth-order valence-corrected chi connectivity index (χ4v) is 2.01. The van der Waals surface area contributed by atoms with Crippen LogP contribution in [0.5, 0.6) is 0 Å². The van der Waals surface area contributed by atoms with Gasteiger partial charge in [-0.3, -0.25) is 10.8 Å². The zero-order valence-electron chi connectivity index (χ0n) is 16.5. The first-order valence-electron chi connectivity index (χ1n) is 8.28. The topological polar surface area (TPSA) is 95.7 Å². The number of nitrogens with zero attached hydrogens (tertiary/aromatic N) is 1. The van der Waals surface area contributed by atoms with Crippen molar-refractivity contribution < 1.29 is 19.0 Å². The number of nitrogens with one attached hydrogen (secondary N) is 2. The highest BCUT2D eigenvalue weighted by molar-refractivity contribution is 6.76. The Kier molecular flexibility index (Phi) is 11.7. The first-order valence-corrected chi connectivity index (χ1v) is 10.5. The van der Waals surface area contributed by atoms with Crippen LogP contribution >= 0.6 is 69.6 Å². The normalized spacial score (nSPS) is 14.2. The largest absolute Gasteiger partial charge is 0.469 e. The third-order valence-corrected chi connectivity index (χ3v) is 4.06. The van der Waals surface area contributed by atoms with Crippen molar-refractivity contribution in [3.8, 4) is 0 Å². The third kappa shape index (κ3) is 11.7. The minimum Gasteiger partial charge on any atom is -0.469 e. The van der Waals surface area contributed by atoms with Gasteiger partial charge < -0.3 is 19.1 Å². The maximum absolute atomic E-state index is 12.7. The summed E-state index contributed by atoms with van der Waals surface area (Å²) in [6.45, 7) is 11.9. The Labute approximate surface area is 206 Å². The van der Waals surface area contributed by atoms with Gasteiger partial charge in [0.05, 0.1) is 13.1 Å². The maximum Gasteiger partial charge on any atom is 0.410 e. The fourth-order valence-electron chi connectivity index (χ4n) is 1.74. The van der Waals surface area contributed by atoms with Crippen LogP contribution in [0.15, 0.2) is 25.3 Å². The van der Waals surface area contributed by atoms with Gasteiger partial charge in [0, 0.05) is 0 Å². The molecule has 0 radical (unpaired) electrons. The second-order valence-corrected chi connectivity index (χ2v) is 11.4. The molecule has 0 saturated carbocycles. The molecule has 0 aliphatic carbocycles. The molecule has 1 amide bonds. The highest BCUT2D eigenvalue weighted by Gasteiger charge is 2.34. The summed E-state index contributed by atoms with van der Waals surface area (Å²) in [4.78, 5) is 13.9. The van der Waals surface area contributed by atoms with Crippen LogP contribution in [-0.4, -0.2) is 61.3 Å². The van der Waals surface area contributed by atoms with E-state index in [1.807, 2.05) is 0 Å². The van der Waals surface area contributed by atoms with E-state index in [9.17, 15) is 4.79 Å². The lowest BCUT2D eigenvalue weighted by atomic mass is 10.2. The van der Waals surface area contributed by atoms with Crippen molar-refractivity contribution in [1.82, 2.24) is 4.90 Å². The van der Waals surface area contributed by atoms with E-state index in [2.05, 4.69) is 13.2 Å². The van der Waals surface area contributed by atoms with Crippen molar-refractivity contribution in [2.75, 3.05) is 13.1 Å². The molecule has 30 heavy (non-hydrogen) atoms. The summed E-state index contributed by atoms with van der Waals surface area (Å²) < 4.78 is 11.7. The predicted octanol–water partition coefficient (Wildman–Crippen LogP) is 6.06. The molecule has 0 bridgehead atoms. The van der Waals surface area contributed by atoms with Crippen LogP contribution in [0.1, 0.15) is 20.8 Å². The summed E-state index contributed by atoms with van der Waals surface area (Å²) in [5, 5.41) is 15.4. The Morgan fingerprint density at radius 1 is 0.900 bits per heavy atom. The average Bonchev–Trinajstić information content (AvgIpc) is 2.55. The molecule has 0 aromatic carbocycles. The average molecular weight is 546 g/mol. The Hall–Kier alpha value is -0.570. The second kappa shape index (κ2) is 11.9. The number of rotatable bonds is 8. The summed E-state index contributed by atoms with van der Waals surface area (Å²) in [6.07, 6.45) is 0.0249. The molecule has 0 aliphatic heterocycles. The SMILES string of the molecule is C=C[C@H](CN(C[C@H](C=C)OC(=N)C(Cl)(Cl)Cl)C(=O)OC(C)(C)C)OC(=N)C(Cl)(Cl)Cl. The first-order chi connectivity index (χ1) is 13.4. The number of halogens is 6. The molecule has 2 N–H and O–H groups in total. The standard InChI is InChI=1S/C17H23Cl6N3O4/c1-6-10(28-12(24)16(18,19)20)8-26(14(27)30-15(3,4)5)9-11(7-2)29-13(25)17(21,22)23/h6-7,10-11,24-25H,1-2,8-9H2,3-5H3/t10-,11+. The van der Waals surface area contributed by atoms with Crippen molar-refractivity contribution in [1.29, 1.82) is 10.8 Å². The molecule has 13 heteroatoms. The summed E-state index contributed by atoms with van der Waals surface area (Å²) in [5.74, 6) is -1.31. The van der Waals surface area contributed by atoms with Crippen molar-refractivity contribution in [2.24, 2.45) is 0 Å². The Bertz CT molecular complexity index is 613. The van der Waals surface area contributed by atoms with Crippen LogP contribution in [0.2, 0.25) is 0 Å².